The molecule has 0 aliphatic rings. The van der Waals surface area contributed by atoms with Gasteiger partial charge in [0.05, 0.1) is 16.4 Å². The standard InChI is InChI=1S/C15H17FN2O.2C15H16FNO.C10H15N.C9H12ClN.3C9H13N.C8H12N2/c1-15(2,3)11-5-4-8-18-14(11)19-13-7-6-10(16)9-12(13)17;1-15(2,3)13-5-4-10-17-14(13)18-12-8-6-11(16)7-9-12;1-15(2,3)11-7-6-10-17-14(11)18-13-9-5-4-8-12(13)16;1-8-6-5-7-11-9(8)10(2,3)4;1-9(2,3)8-5-4-7(10)6-11-8;1-9(2,3)8-4-6-10-7-5-8;1-9(2,3)8-5-4-6-10-7-8;1-9(2,3)8-6-4-5-7-10-8;1-8(2,3)7-6-9-4-5-10-7/h4-9H,17H2,1-3H3;2*4-10H,1-3H3;5-7H,1-4H3;4-6H,1-3H3;3*4-7H,1-3H3;4-6H,1-3H3. The highest BCUT2D eigenvalue weighted by molar-refractivity contribution is 6.30. The molecule has 0 unspecified atom stereocenters. The Hall–Kier alpha value is -10.8. The number of pyridine rings is 8. The zero-order valence-electron chi connectivity index (χ0n) is 74.5. The smallest absolute Gasteiger partial charge is 0.223 e. The maximum atomic E-state index is 13.6. The maximum Gasteiger partial charge on any atom is 0.223 e. The van der Waals surface area contributed by atoms with Gasteiger partial charge in [-0.3, -0.25) is 34.9 Å². The van der Waals surface area contributed by atoms with Gasteiger partial charge in [0.1, 0.15) is 17.4 Å². The number of halogens is 4. The van der Waals surface area contributed by atoms with Crippen LogP contribution in [0.1, 0.15) is 243 Å². The van der Waals surface area contributed by atoms with Crippen molar-refractivity contribution in [2.24, 2.45) is 0 Å². The molecular weight excluding hydrogens is 1480 g/mol. The third kappa shape index (κ3) is 36.5. The number of para-hydroxylation sites is 1. The molecule has 0 spiro atoms. The van der Waals surface area contributed by atoms with Crippen molar-refractivity contribution in [1.29, 1.82) is 0 Å². The molecule has 14 nitrogen and oxygen atoms in total. The molecule has 0 saturated carbocycles. The van der Waals surface area contributed by atoms with Gasteiger partial charge >= 0.3 is 0 Å². The van der Waals surface area contributed by atoms with E-state index in [-0.39, 0.29) is 77.6 Å². The first-order valence-corrected chi connectivity index (χ1v) is 39.6. The minimum absolute atomic E-state index is 0.0520. The zero-order valence-corrected chi connectivity index (χ0v) is 75.2. The van der Waals surface area contributed by atoms with Gasteiger partial charge in [0.15, 0.2) is 17.3 Å². The van der Waals surface area contributed by atoms with Crippen LogP contribution < -0.4 is 19.9 Å². The molecule has 2 N–H and O–H groups in total. The number of anilines is 1. The summed E-state index contributed by atoms with van der Waals surface area (Å²) in [7, 11) is 0. The molecule has 0 radical (unpaired) electrons. The quantitative estimate of drug-likeness (QED) is 0.155. The van der Waals surface area contributed by atoms with E-state index in [4.69, 9.17) is 31.5 Å². The number of aromatic nitrogens is 10. The van der Waals surface area contributed by atoms with Crippen LogP contribution in [0, 0.1) is 24.4 Å². The van der Waals surface area contributed by atoms with Crippen LogP contribution in [0.15, 0.2) is 250 Å². The molecule has 0 amide bonds. The lowest BCUT2D eigenvalue weighted by Gasteiger charge is -2.21. The SMILES string of the molecule is CC(C)(C)c1ccc(Cl)cn1.CC(C)(C)c1ccccn1.CC(C)(C)c1cccnc1.CC(C)(C)c1cccnc1Oc1ccc(F)cc1.CC(C)(C)c1cccnc1Oc1ccc(F)cc1N.CC(C)(C)c1cccnc1Oc1ccccc1F.CC(C)(C)c1ccncc1.CC(C)(C)c1cnccn1.Cc1cccnc1C(C)(C)C. The molecule has 624 valence electrons. The number of rotatable bonds is 6. The predicted molar refractivity (Wildman–Crippen MR) is 478 cm³/mol. The largest absolute Gasteiger partial charge is 0.439 e. The lowest BCUT2D eigenvalue weighted by molar-refractivity contribution is 0.409. The first-order valence-electron chi connectivity index (χ1n) is 39.2. The normalized spacial score (nSPS) is 11.5. The summed E-state index contributed by atoms with van der Waals surface area (Å²) in [6, 6.07) is 49.9. The first kappa shape index (κ1) is 98.6. The van der Waals surface area contributed by atoms with E-state index in [0.29, 0.717) is 34.2 Å². The summed E-state index contributed by atoms with van der Waals surface area (Å²) in [6.07, 6.45) is 23.0. The fraction of sp³-hybridized carbons (Fsp3) is 0.374. The van der Waals surface area contributed by atoms with Crippen molar-refractivity contribution in [3.05, 3.63) is 329 Å². The van der Waals surface area contributed by atoms with E-state index in [1.54, 1.807) is 79.9 Å². The lowest BCUT2D eigenvalue weighted by atomic mass is 9.88. The average molecular weight is 1610 g/mol. The second-order valence-electron chi connectivity index (χ2n) is 37.0. The number of benzene rings is 3. The Kier molecular flexibility index (Phi) is 37.5. The molecular formula is C99H127ClF3N11O3. The first-order chi connectivity index (χ1) is 54.3. The highest BCUT2D eigenvalue weighted by Gasteiger charge is 2.25. The third-order valence-electron chi connectivity index (χ3n) is 17.0. The van der Waals surface area contributed by atoms with Gasteiger partial charge in [-0.25, -0.2) is 28.1 Å². The Balaban J connectivity index is 0.000000281. The number of ether oxygens (including phenoxy) is 3. The number of nitrogen functional groups attached to an aromatic ring is 1. The minimum atomic E-state index is -0.387. The molecule has 12 aromatic rings. The Morgan fingerprint density at radius 2 is 0.744 bits per heavy atom. The van der Waals surface area contributed by atoms with Crippen molar-refractivity contribution in [2.75, 3.05) is 5.73 Å². The van der Waals surface area contributed by atoms with Crippen molar-refractivity contribution in [1.82, 2.24) is 49.8 Å². The van der Waals surface area contributed by atoms with E-state index in [2.05, 4.69) is 274 Å². The molecule has 9 aromatic heterocycles. The average Bonchev–Trinajstić information content (AvgIpc) is 0.847. The van der Waals surface area contributed by atoms with E-state index in [1.165, 1.54) is 58.8 Å². The van der Waals surface area contributed by atoms with Crippen molar-refractivity contribution in [3.8, 4) is 34.9 Å². The maximum absolute atomic E-state index is 13.6. The molecule has 18 heteroatoms. The van der Waals surface area contributed by atoms with Crippen LogP contribution in [-0.2, 0) is 48.7 Å². The molecule has 117 heavy (non-hydrogen) atoms. The van der Waals surface area contributed by atoms with Gasteiger partial charge in [0.2, 0.25) is 17.6 Å². The molecule has 0 saturated heterocycles. The summed E-state index contributed by atoms with van der Waals surface area (Å²) in [5.74, 6) is 1.65. The summed E-state index contributed by atoms with van der Waals surface area (Å²) >= 11 is 5.70. The zero-order chi connectivity index (χ0) is 87.8. The summed E-state index contributed by atoms with van der Waals surface area (Å²) in [5.41, 5.74) is 18.1. The van der Waals surface area contributed by atoms with E-state index in [9.17, 15) is 13.2 Å². The highest BCUT2D eigenvalue weighted by atomic mass is 35.5. The van der Waals surface area contributed by atoms with Crippen LogP contribution in [0.2, 0.25) is 5.02 Å². The molecule has 0 bridgehead atoms. The summed E-state index contributed by atoms with van der Waals surface area (Å²) in [4.78, 5) is 41.7. The predicted octanol–water partition coefficient (Wildman–Crippen LogP) is 27.1. The lowest BCUT2D eigenvalue weighted by Crippen LogP contribution is -2.14. The molecule has 3 aromatic carbocycles. The van der Waals surface area contributed by atoms with Crippen LogP contribution in [0.3, 0.4) is 0 Å². The van der Waals surface area contributed by atoms with Gasteiger partial charge in [-0.1, -0.05) is 247 Å². The van der Waals surface area contributed by atoms with Crippen molar-refractivity contribution in [3.63, 3.8) is 0 Å². The van der Waals surface area contributed by atoms with Gasteiger partial charge in [0, 0.05) is 142 Å². The van der Waals surface area contributed by atoms with Crippen LogP contribution >= 0.6 is 11.6 Å². The molecule has 0 atom stereocenters. The molecule has 12 rings (SSSR count). The fourth-order valence-electron chi connectivity index (χ4n) is 10.3. The van der Waals surface area contributed by atoms with Gasteiger partial charge < -0.3 is 19.9 Å². The van der Waals surface area contributed by atoms with Crippen LogP contribution in [0.4, 0.5) is 18.9 Å². The van der Waals surface area contributed by atoms with Crippen LogP contribution in [-0.4, -0.2) is 49.8 Å². The number of aryl methyl sites for hydroxylation is 1. The van der Waals surface area contributed by atoms with Gasteiger partial charge in [-0.15, -0.1) is 0 Å². The summed E-state index contributed by atoms with van der Waals surface area (Å²) < 4.78 is 56.4. The third-order valence-corrected chi connectivity index (χ3v) is 17.3. The van der Waals surface area contributed by atoms with E-state index < -0.39 is 0 Å². The molecule has 0 fully saturated rings. The van der Waals surface area contributed by atoms with Crippen molar-refractivity contribution < 1.29 is 27.4 Å². The second kappa shape index (κ2) is 44.5. The van der Waals surface area contributed by atoms with Crippen molar-refractivity contribution in [2.45, 2.75) is 243 Å². The number of hydrogen-bond acceptors (Lipinski definition) is 14. The minimum Gasteiger partial charge on any atom is -0.439 e. The van der Waals surface area contributed by atoms with Crippen LogP contribution in [0.5, 0.6) is 34.9 Å². The van der Waals surface area contributed by atoms with E-state index >= 15 is 0 Å². The van der Waals surface area contributed by atoms with Crippen LogP contribution in [0.25, 0.3) is 0 Å². The Bertz CT molecular complexity index is 4650. The number of hydrogen-bond donors (Lipinski definition) is 1. The van der Waals surface area contributed by atoms with Gasteiger partial charge in [-0.2, -0.15) is 0 Å². The molecule has 0 aliphatic heterocycles. The number of nitrogens with zero attached hydrogens (tertiary/aromatic N) is 10. The van der Waals surface area contributed by atoms with Gasteiger partial charge in [0.25, 0.3) is 0 Å². The monoisotopic (exact) mass is 1610 g/mol. The molecule has 0 aliphatic carbocycles. The van der Waals surface area contributed by atoms with Gasteiger partial charge in [-0.05, 0) is 166 Å². The second-order valence-corrected chi connectivity index (χ2v) is 37.4. The van der Waals surface area contributed by atoms with Crippen molar-refractivity contribution >= 4 is 17.3 Å². The van der Waals surface area contributed by atoms with E-state index in [0.717, 1.165) is 33.8 Å². The highest BCUT2D eigenvalue weighted by Crippen LogP contribution is 2.37. The topological polar surface area (TPSA) is 183 Å². The Morgan fingerprint density at radius 3 is 1.12 bits per heavy atom. The summed E-state index contributed by atoms with van der Waals surface area (Å²) in [5, 5.41) is 0.693. The Morgan fingerprint density at radius 1 is 0.299 bits per heavy atom. The summed E-state index contributed by atoms with van der Waals surface area (Å²) in [6.45, 7) is 59.8. The fourth-order valence-corrected chi connectivity index (χ4v) is 10.4. The molecule has 9 heterocycles. The van der Waals surface area contributed by atoms with E-state index in [1.807, 2.05) is 104 Å². The number of nitrogens with two attached hydrogens (primary N) is 1. The Labute approximate surface area is 702 Å².